The third-order valence-electron chi connectivity index (χ3n) is 2.71. The van der Waals surface area contributed by atoms with Crippen molar-refractivity contribution < 1.29 is 19.1 Å². The van der Waals surface area contributed by atoms with E-state index in [2.05, 4.69) is 5.32 Å². The fraction of sp³-hybridized carbons (Fsp3) is 0.500. The lowest BCUT2D eigenvalue weighted by Gasteiger charge is -2.27. The smallest absolute Gasteiger partial charge is 0.408 e. The second-order valence-corrected chi connectivity index (χ2v) is 6.31. The molecule has 116 valence electrons. The predicted molar refractivity (Wildman–Crippen MR) is 80.8 cm³/mol. The predicted octanol–water partition coefficient (Wildman–Crippen LogP) is 3.18. The van der Waals surface area contributed by atoms with Crippen molar-refractivity contribution in [2.24, 2.45) is 0 Å². The molecule has 1 N–H and O–H groups in total. The number of hydrogen-bond donors (Lipinski definition) is 1. The van der Waals surface area contributed by atoms with Crippen LogP contribution in [0.4, 0.5) is 4.79 Å². The van der Waals surface area contributed by atoms with Crippen molar-refractivity contribution in [3.05, 3.63) is 29.8 Å². The summed E-state index contributed by atoms with van der Waals surface area (Å²) in [6.07, 6.45) is -0.622. The quantitative estimate of drug-likeness (QED) is 0.866. The van der Waals surface area contributed by atoms with Crippen molar-refractivity contribution in [1.82, 2.24) is 5.32 Å². The molecule has 0 bridgehead atoms. The summed E-state index contributed by atoms with van der Waals surface area (Å²) >= 11 is 0. The van der Waals surface area contributed by atoms with Crippen molar-refractivity contribution in [3.63, 3.8) is 0 Å². The summed E-state index contributed by atoms with van der Waals surface area (Å²) in [5.41, 5.74) is -1.22. The zero-order valence-electron chi connectivity index (χ0n) is 13.4. The van der Waals surface area contributed by atoms with Gasteiger partial charge in [0, 0.05) is 5.56 Å². The van der Waals surface area contributed by atoms with Crippen LogP contribution >= 0.6 is 0 Å². The Labute approximate surface area is 125 Å². The van der Waals surface area contributed by atoms with Crippen LogP contribution in [-0.4, -0.2) is 30.1 Å². The van der Waals surface area contributed by atoms with Crippen LogP contribution in [0.25, 0.3) is 0 Å². The zero-order chi connectivity index (χ0) is 16.3. The molecule has 0 aliphatic heterocycles. The third-order valence-corrected chi connectivity index (χ3v) is 2.71. The Bertz CT molecular complexity index is 529. The molecule has 21 heavy (non-hydrogen) atoms. The van der Waals surface area contributed by atoms with E-state index >= 15 is 0 Å². The Morgan fingerprint density at radius 2 is 1.71 bits per heavy atom. The highest BCUT2D eigenvalue weighted by molar-refractivity contribution is 6.04. The summed E-state index contributed by atoms with van der Waals surface area (Å²) in [5, 5.41) is 2.60. The number of benzene rings is 1. The maximum absolute atomic E-state index is 12.5. The van der Waals surface area contributed by atoms with Crippen molar-refractivity contribution in [2.45, 2.75) is 45.8 Å². The molecule has 0 atom stereocenters. The normalized spacial score (nSPS) is 11.7. The van der Waals surface area contributed by atoms with E-state index in [1.54, 1.807) is 58.9 Å². The van der Waals surface area contributed by atoms with Gasteiger partial charge in [-0.05, 0) is 46.8 Å². The molecule has 0 aromatic heterocycles. The van der Waals surface area contributed by atoms with E-state index in [-0.39, 0.29) is 5.78 Å². The van der Waals surface area contributed by atoms with Crippen LogP contribution in [0.1, 0.15) is 45.0 Å². The number of hydrogen-bond acceptors (Lipinski definition) is 4. The zero-order valence-corrected chi connectivity index (χ0v) is 13.4. The van der Waals surface area contributed by atoms with E-state index < -0.39 is 17.2 Å². The minimum absolute atomic E-state index is 0.216. The molecule has 0 unspecified atom stereocenters. The lowest BCUT2D eigenvalue weighted by molar-refractivity contribution is 0.0454. The second-order valence-electron chi connectivity index (χ2n) is 6.31. The van der Waals surface area contributed by atoms with E-state index in [4.69, 9.17) is 9.47 Å². The Morgan fingerprint density at radius 3 is 2.24 bits per heavy atom. The van der Waals surface area contributed by atoms with E-state index in [1.807, 2.05) is 0 Å². The van der Waals surface area contributed by atoms with Gasteiger partial charge in [0.2, 0.25) is 0 Å². The van der Waals surface area contributed by atoms with Gasteiger partial charge in [0.1, 0.15) is 16.9 Å². The molecule has 0 fully saturated rings. The van der Waals surface area contributed by atoms with Crippen LogP contribution < -0.4 is 10.1 Å². The molecule has 0 radical (unpaired) electrons. The number of rotatable bonds is 4. The summed E-state index contributed by atoms with van der Waals surface area (Å²) in [6, 6.07) is 6.81. The van der Waals surface area contributed by atoms with Crippen LogP contribution in [0.5, 0.6) is 5.75 Å². The standard InChI is InChI=1S/C16H23NO4/c1-15(2,3)21-14(19)17-16(4,5)13(18)11-8-7-9-12(10-11)20-6/h7-10H,1-6H3,(H,17,19). The van der Waals surface area contributed by atoms with E-state index in [9.17, 15) is 9.59 Å². The molecule has 0 aliphatic rings. The fourth-order valence-corrected chi connectivity index (χ4v) is 1.74. The molecule has 1 aromatic rings. The summed E-state index contributed by atoms with van der Waals surface area (Å²) in [7, 11) is 1.54. The number of amides is 1. The minimum Gasteiger partial charge on any atom is -0.497 e. The average Bonchev–Trinajstić information content (AvgIpc) is 2.34. The molecule has 1 rings (SSSR count). The number of alkyl carbamates (subject to hydrolysis) is 1. The second kappa shape index (κ2) is 6.16. The van der Waals surface area contributed by atoms with Crippen LogP contribution in [0.2, 0.25) is 0 Å². The number of carbonyl (C=O) groups is 2. The van der Waals surface area contributed by atoms with Crippen molar-refractivity contribution in [3.8, 4) is 5.75 Å². The van der Waals surface area contributed by atoms with E-state index in [1.165, 1.54) is 7.11 Å². The number of carbonyl (C=O) groups excluding carboxylic acids is 2. The third kappa shape index (κ3) is 5.10. The van der Waals surface area contributed by atoms with Gasteiger partial charge in [0.05, 0.1) is 7.11 Å². The number of ketones is 1. The van der Waals surface area contributed by atoms with Gasteiger partial charge in [-0.3, -0.25) is 4.79 Å². The maximum Gasteiger partial charge on any atom is 0.408 e. The molecule has 0 saturated heterocycles. The number of methoxy groups -OCH3 is 1. The Morgan fingerprint density at radius 1 is 1.10 bits per heavy atom. The average molecular weight is 293 g/mol. The summed E-state index contributed by atoms with van der Waals surface area (Å²) in [6.45, 7) is 8.58. The summed E-state index contributed by atoms with van der Waals surface area (Å²) < 4.78 is 10.3. The first-order chi connectivity index (χ1) is 9.55. The van der Waals surface area contributed by atoms with Gasteiger partial charge < -0.3 is 14.8 Å². The highest BCUT2D eigenvalue weighted by Crippen LogP contribution is 2.19. The number of Topliss-reactive ketones (excluding diaryl/α,β-unsaturated/α-hetero) is 1. The summed E-state index contributed by atoms with van der Waals surface area (Å²) in [5.74, 6) is 0.376. The van der Waals surface area contributed by atoms with Gasteiger partial charge in [-0.15, -0.1) is 0 Å². The van der Waals surface area contributed by atoms with Gasteiger partial charge in [0.15, 0.2) is 5.78 Å². The molecule has 5 heteroatoms. The highest BCUT2D eigenvalue weighted by atomic mass is 16.6. The van der Waals surface area contributed by atoms with E-state index in [0.29, 0.717) is 11.3 Å². The van der Waals surface area contributed by atoms with Gasteiger partial charge in [-0.2, -0.15) is 0 Å². The van der Waals surface area contributed by atoms with E-state index in [0.717, 1.165) is 0 Å². The first kappa shape index (κ1) is 17.0. The van der Waals surface area contributed by atoms with Crippen LogP contribution in [0.3, 0.4) is 0 Å². The van der Waals surface area contributed by atoms with Gasteiger partial charge in [-0.1, -0.05) is 12.1 Å². The van der Waals surface area contributed by atoms with Crippen LogP contribution in [0, 0.1) is 0 Å². The molecule has 0 heterocycles. The topological polar surface area (TPSA) is 64.6 Å². The maximum atomic E-state index is 12.5. The lowest BCUT2D eigenvalue weighted by atomic mass is 9.93. The molecular formula is C16H23NO4. The molecule has 1 aromatic carbocycles. The highest BCUT2D eigenvalue weighted by Gasteiger charge is 2.32. The fourth-order valence-electron chi connectivity index (χ4n) is 1.74. The largest absolute Gasteiger partial charge is 0.497 e. The van der Waals surface area contributed by atoms with Crippen molar-refractivity contribution in [1.29, 1.82) is 0 Å². The molecule has 0 saturated carbocycles. The molecular weight excluding hydrogens is 270 g/mol. The first-order valence-electron chi connectivity index (χ1n) is 6.75. The molecule has 0 aliphatic carbocycles. The Hall–Kier alpha value is -2.04. The van der Waals surface area contributed by atoms with Gasteiger partial charge >= 0.3 is 6.09 Å². The molecule has 5 nitrogen and oxygen atoms in total. The first-order valence-corrected chi connectivity index (χ1v) is 6.75. The van der Waals surface area contributed by atoms with Gasteiger partial charge in [-0.25, -0.2) is 4.79 Å². The SMILES string of the molecule is COc1cccc(C(=O)C(C)(C)NC(=O)OC(C)(C)C)c1. The van der Waals surface area contributed by atoms with Crippen LogP contribution in [-0.2, 0) is 4.74 Å². The van der Waals surface area contributed by atoms with Crippen molar-refractivity contribution in [2.75, 3.05) is 7.11 Å². The van der Waals surface area contributed by atoms with Crippen LogP contribution in [0.15, 0.2) is 24.3 Å². The minimum atomic E-state index is -1.07. The Balaban J connectivity index is 2.86. The number of nitrogens with one attached hydrogen (secondary N) is 1. The monoisotopic (exact) mass is 293 g/mol. The van der Waals surface area contributed by atoms with Crippen molar-refractivity contribution >= 4 is 11.9 Å². The molecule has 0 spiro atoms. The summed E-state index contributed by atoms with van der Waals surface area (Å²) in [4.78, 5) is 24.3. The number of ether oxygens (including phenoxy) is 2. The molecule has 1 amide bonds. The van der Waals surface area contributed by atoms with Gasteiger partial charge in [0.25, 0.3) is 0 Å². The lowest BCUT2D eigenvalue weighted by Crippen LogP contribution is -2.51. The Kier molecular flexibility index (Phi) is 4.99.